The van der Waals surface area contributed by atoms with E-state index in [1.807, 2.05) is 13.3 Å². The van der Waals surface area contributed by atoms with E-state index in [9.17, 15) is 52.7 Å². The first kappa shape index (κ1) is 19.3. The van der Waals surface area contributed by atoms with E-state index in [4.69, 9.17) is 0 Å². The van der Waals surface area contributed by atoms with Crippen molar-refractivity contribution in [2.75, 3.05) is 0 Å². The molecule has 0 unspecified atom stereocenters. The van der Waals surface area contributed by atoms with Gasteiger partial charge >= 0.3 is 33.7 Å². The molecular formula is C4F12O3Si. The Balaban J connectivity index is 5.78. The largest absolute Gasteiger partial charge is 0.635 e. The molecule has 0 rings (SSSR count). The second kappa shape index (κ2) is 5.23. The van der Waals surface area contributed by atoms with Crippen molar-refractivity contribution >= 4 is 8.80 Å². The Morgan fingerprint density at radius 2 is 0.650 bits per heavy atom. The molecule has 0 aromatic rings. The number of hydrogen-bond acceptors (Lipinski definition) is 3. The van der Waals surface area contributed by atoms with Crippen LogP contribution in [0.5, 0.6) is 0 Å². The van der Waals surface area contributed by atoms with Gasteiger partial charge in [-0.2, -0.15) is 13.2 Å². The maximum Gasteiger partial charge on any atom is 0.635 e. The summed E-state index contributed by atoms with van der Waals surface area (Å²) in [7, 11) is -8.28. The van der Waals surface area contributed by atoms with Gasteiger partial charge in [-0.05, 0) is 0 Å². The fourth-order valence-electron chi connectivity index (χ4n) is 0.693. The van der Waals surface area contributed by atoms with Crippen molar-refractivity contribution in [1.29, 1.82) is 0 Å². The van der Waals surface area contributed by atoms with E-state index in [0.29, 0.717) is 0 Å². The zero-order valence-electron chi connectivity index (χ0n) is 8.26. The van der Waals surface area contributed by atoms with Gasteiger partial charge < -0.3 is 0 Å². The predicted octanol–water partition coefficient (Wildman–Crippen LogP) is 3.64. The van der Waals surface area contributed by atoms with Gasteiger partial charge in [0.05, 0.1) is 0 Å². The summed E-state index contributed by atoms with van der Waals surface area (Å²) < 4.78 is 147. The van der Waals surface area contributed by atoms with Crippen molar-refractivity contribution in [2.24, 2.45) is 0 Å². The van der Waals surface area contributed by atoms with Crippen LogP contribution in [0.25, 0.3) is 0 Å². The lowest BCUT2D eigenvalue weighted by molar-refractivity contribution is -0.384. The average Bonchev–Trinajstić information content (AvgIpc) is 1.88. The Bertz CT molecular complexity index is 283. The van der Waals surface area contributed by atoms with Crippen LogP contribution in [0, 0.1) is 0 Å². The highest BCUT2D eigenvalue weighted by Gasteiger charge is 2.77. The molecule has 0 N–H and O–H groups in total. The molecule has 0 aromatic heterocycles. The van der Waals surface area contributed by atoms with E-state index in [1.54, 1.807) is 0 Å². The minimum atomic E-state index is -8.28. The lowest BCUT2D eigenvalue weighted by Crippen LogP contribution is -2.65. The molecule has 3 nitrogen and oxygen atoms in total. The third-order valence-corrected chi connectivity index (χ3v) is 3.29. The molecule has 0 saturated heterocycles. The molecule has 0 aliphatic heterocycles. The number of rotatable bonds is 3. The highest BCUT2D eigenvalue weighted by molar-refractivity contribution is 6.63. The highest BCUT2D eigenvalue weighted by atomic mass is 28.4. The monoisotopic (exact) mass is 352 g/mol. The molecule has 0 aliphatic carbocycles. The third-order valence-electron chi connectivity index (χ3n) is 1.10. The van der Waals surface area contributed by atoms with Crippen molar-refractivity contribution in [3.05, 3.63) is 0 Å². The zero-order valence-corrected chi connectivity index (χ0v) is 9.26. The van der Waals surface area contributed by atoms with Crippen molar-refractivity contribution in [3.63, 3.8) is 0 Å². The topological polar surface area (TPSA) is 27.7 Å². The Kier molecular flexibility index (Phi) is 5.03. The van der Waals surface area contributed by atoms with E-state index >= 15 is 0 Å². The quantitative estimate of drug-likeness (QED) is 0.574. The lowest BCUT2D eigenvalue weighted by atomic mass is 11.4. The molecule has 0 saturated carbocycles. The van der Waals surface area contributed by atoms with Crippen molar-refractivity contribution in [1.82, 2.24) is 0 Å². The number of hydrogen-bond donors (Lipinski definition) is 0. The van der Waals surface area contributed by atoms with Crippen LogP contribution >= 0.6 is 0 Å². The summed E-state index contributed by atoms with van der Waals surface area (Å²) in [5, 5.41) is 0. The Labute approximate surface area is 101 Å². The second-order valence-corrected chi connectivity index (χ2v) is 4.99. The van der Waals surface area contributed by atoms with E-state index in [1.165, 1.54) is 0 Å². The van der Waals surface area contributed by atoms with Crippen molar-refractivity contribution in [3.8, 4) is 0 Å². The van der Waals surface area contributed by atoms with Gasteiger partial charge in [0.2, 0.25) is 0 Å². The fraction of sp³-hybridized carbons (Fsp3) is 1.00. The molecule has 0 fully saturated rings. The Morgan fingerprint density at radius 3 is 0.750 bits per heavy atom. The zero-order chi connectivity index (χ0) is 16.6. The molecule has 0 amide bonds. The normalized spacial score (nSPS) is 15.6. The molecule has 0 bridgehead atoms. The number of halogens is 12. The first-order valence-corrected chi connectivity index (χ1v) is 5.47. The number of alkyl halides is 12. The SMILES string of the molecule is FC(F)(F)O[Si](OC(F)(F)F)(OC(F)(F)F)C(F)(F)F. The van der Waals surface area contributed by atoms with Gasteiger partial charge in [-0.3, -0.25) is 13.3 Å². The van der Waals surface area contributed by atoms with Crippen LogP contribution in [0.1, 0.15) is 0 Å². The summed E-state index contributed by atoms with van der Waals surface area (Å²) in [6, 6.07) is 0. The minimum Gasteiger partial charge on any atom is -0.278 e. The maximum absolute atomic E-state index is 12.2. The van der Waals surface area contributed by atoms with Gasteiger partial charge in [0.25, 0.3) is 0 Å². The van der Waals surface area contributed by atoms with Gasteiger partial charge in [-0.1, -0.05) is 0 Å². The maximum atomic E-state index is 12.2. The molecule has 20 heavy (non-hydrogen) atoms. The van der Waals surface area contributed by atoms with Gasteiger partial charge in [-0.25, -0.2) is 0 Å². The minimum absolute atomic E-state index is 1.87. The first-order valence-electron chi connectivity index (χ1n) is 3.74. The van der Waals surface area contributed by atoms with Crippen molar-refractivity contribution in [2.45, 2.75) is 24.9 Å². The standard InChI is InChI=1S/C4F12O3Si/c5-1(6,7)17-20(4(14,15)16,18-2(8,9)10)19-3(11,12)13. The van der Waals surface area contributed by atoms with Gasteiger partial charge in [0.1, 0.15) is 0 Å². The molecule has 0 spiro atoms. The van der Waals surface area contributed by atoms with E-state index in [2.05, 4.69) is 0 Å². The van der Waals surface area contributed by atoms with Crippen LogP contribution in [-0.4, -0.2) is 33.7 Å². The summed E-state index contributed by atoms with van der Waals surface area (Å²) in [6.07, 6.45) is -19.6. The Hall–Kier alpha value is -0.743. The van der Waals surface area contributed by atoms with E-state index in [-0.39, 0.29) is 0 Å². The van der Waals surface area contributed by atoms with Crippen LogP contribution in [0.4, 0.5) is 52.7 Å². The summed E-state index contributed by atoms with van der Waals surface area (Å²) in [4.78, 5) is 0. The first-order chi connectivity index (χ1) is 8.37. The molecular weight excluding hydrogens is 352 g/mol. The molecule has 0 radical (unpaired) electrons. The average molecular weight is 352 g/mol. The summed E-state index contributed by atoms with van der Waals surface area (Å²) >= 11 is 0. The van der Waals surface area contributed by atoms with Gasteiger partial charge in [-0.15, -0.1) is 39.5 Å². The fourth-order valence-corrected chi connectivity index (χ4v) is 2.08. The second-order valence-electron chi connectivity index (χ2n) is 2.70. The molecule has 0 aromatic carbocycles. The van der Waals surface area contributed by atoms with E-state index < -0.39 is 33.7 Å². The summed E-state index contributed by atoms with van der Waals surface area (Å²) in [5.74, 6) is -6.85. The van der Waals surface area contributed by atoms with Crippen LogP contribution in [0.2, 0.25) is 0 Å². The van der Waals surface area contributed by atoms with Crippen LogP contribution in [0.15, 0.2) is 0 Å². The summed E-state index contributed by atoms with van der Waals surface area (Å²) in [5.41, 5.74) is 0. The van der Waals surface area contributed by atoms with Crippen LogP contribution in [-0.2, 0) is 13.3 Å². The molecule has 0 heterocycles. The smallest absolute Gasteiger partial charge is 0.278 e. The molecule has 122 valence electrons. The molecule has 16 heteroatoms. The highest BCUT2D eigenvalue weighted by Crippen LogP contribution is 2.43. The van der Waals surface area contributed by atoms with Gasteiger partial charge in [0, 0.05) is 0 Å². The third kappa shape index (κ3) is 6.62. The molecule has 0 atom stereocenters. The van der Waals surface area contributed by atoms with E-state index in [0.717, 1.165) is 0 Å². The van der Waals surface area contributed by atoms with Crippen LogP contribution < -0.4 is 0 Å². The van der Waals surface area contributed by atoms with Gasteiger partial charge in [0.15, 0.2) is 0 Å². The predicted molar refractivity (Wildman–Crippen MR) is 33.2 cm³/mol. The van der Waals surface area contributed by atoms with Crippen molar-refractivity contribution < 1.29 is 66.0 Å². The summed E-state index contributed by atoms with van der Waals surface area (Å²) in [6.45, 7) is 0. The Morgan fingerprint density at radius 1 is 0.450 bits per heavy atom. The molecule has 0 aliphatic rings. The van der Waals surface area contributed by atoms with Crippen LogP contribution in [0.3, 0.4) is 0 Å². The lowest BCUT2D eigenvalue weighted by Gasteiger charge is -2.31.